The van der Waals surface area contributed by atoms with Crippen LogP contribution in [0.25, 0.3) is 0 Å². The van der Waals surface area contributed by atoms with Gasteiger partial charge in [-0.05, 0) is 24.6 Å². The van der Waals surface area contributed by atoms with Crippen LogP contribution >= 0.6 is 0 Å². The van der Waals surface area contributed by atoms with Crippen molar-refractivity contribution >= 4 is 9.84 Å². The highest BCUT2D eigenvalue weighted by Gasteiger charge is 2.38. The first-order valence-electron chi connectivity index (χ1n) is 5.70. The molecule has 6 heteroatoms. The van der Waals surface area contributed by atoms with Gasteiger partial charge in [0.05, 0.1) is 17.6 Å². The van der Waals surface area contributed by atoms with Gasteiger partial charge in [0.1, 0.15) is 18.0 Å². The van der Waals surface area contributed by atoms with Gasteiger partial charge in [-0.1, -0.05) is 12.1 Å². The highest BCUT2D eigenvalue weighted by Crippen LogP contribution is 2.22. The Balaban J connectivity index is 2.06. The van der Waals surface area contributed by atoms with Crippen LogP contribution in [0.15, 0.2) is 24.3 Å². The Morgan fingerprint density at radius 1 is 1.28 bits per heavy atom. The van der Waals surface area contributed by atoms with Crippen LogP contribution in [0.5, 0.6) is 5.75 Å². The lowest BCUT2D eigenvalue weighted by Gasteiger charge is -2.16. The molecule has 2 rings (SSSR count). The Labute approximate surface area is 106 Å². The van der Waals surface area contributed by atoms with Crippen molar-refractivity contribution in [3.05, 3.63) is 29.8 Å². The molecule has 18 heavy (non-hydrogen) atoms. The van der Waals surface area contributed by atoms with E-state index in [2.05, 4.69) is 0 Å². The maximum Gasteiger partial charge on any atom is 0.156 e. The van der Waals surface area contributed by atoms with E-state index in [0.29, 0.717) is 5.75 Å². The Bertz CT molecular complexity index is 506. The van der Waals surface area contributed by atoms with Gasteiger partial charge < -0.3 is 14.9 Å². The number of benzene rings is 1. The number of hydrogen-bond donors (Lipinski definition) is 2. The second-order valence-electron chi connectivity index (χ2n) is 4.55. The lowest BCUT2D eigenvalue weighted by molar-refractivity contribution is 0.0737. The first-order valence-corrected chi connectivity index (χ1v) is 7.53. The maximum atomic E-state index is 11.3. The van der Waals surface area contributed by atoms with Crippen molar-refractivity contribution in [3.8, 4) is 5.75 Å². The van der Waals surface area contributed by atoms with Crippen LogP contribution in [-0.4, -0.2) is 42.3 Å². The smallest absolute Gasteiger partial charge is 0.156 e. The third-order valence-corrected chi connectivity index (χ3v) is 4.61. The van der Waals surface area contributed by atoms with Crippen molar-refractivity contribution in [2.75, 3.05) is 11.5 Å². The van der Waals surface area contributed by atoms with Crippen LogP contribution < -0.4 is 4.74 Å². The minimum Gasteiger partial charge on any atom is -0.487 e. The molecule has 1 aromatic carbocycles. The number of sulfone groups is 1. The monoisotopic (exact) mass is 272 g/mol. The number of aliphatic hydroxyl groups is 2. The molecule has 0 amide bonds. The number of ether oxygens (including phenoxy) is 1. The molecule has 1 aliphatic heterocycles. The molecule has 5 nitrogen and oxygen atoms in total. The molecule has 2 N–H and O–H groups in total. The van der Waals surface area contributed by atoms with Crippen molar-refractivity contribution in [3.63, 3.8) is 0 Å². The summed E-state index contributed by atoms with van der Waals surface area (Å²) in [4.78, 5) is 0. The number of aliphatic hydroxyl groups excluding tert-OH is 2. The molecule has 3 unspecified atom stereocenters. The molecule has 1 heterocycles. The minimum atomic E-state index is -3.20. The summed E-state index contributed by atoms with van der Waals surface area (Å²) >= 11 is 0. The average Bonchev–Trinajstić information content (AvgIpc) is 2.52. The first kappa shape index (κ1) is 13.3. The molecule has 0 aromatic heterocycles. The molecule has 0 aliphatic carbocycles. The van der Waals surface area contributed by atoms with E-state index in [-0.39, 0.29) is 11.5 Å². The Morgan fingerprint density at radius 3 is 2.33 bits per heavy atom. The van der Waals surface area contributed by atoms with Crippen LogP contribution in [0, 0.1) is 0 Å². The first-order chi connectivity index (χ1) is 8.37. The molecule has 0 spiro atoms. The van der Waals surface area contributed by atoms with E-state index in [1.165, 1.54) is 0 Å². The van der Waals surface area contributed by atoms with Gasteiger partial charge in [-0.2, -0.15) is 0 Å². The van der Waals surface area contributed by atoms with Gasteiger partial charge in [-0.25, -0.2) is 8.42 Å². The van der Waals surface area contributed by atoms with Crippen LogP contribution in [-0.2, 0) is 9.84 Å². The van der Waals surface area contributed by atoms with Gasteiger partial charge in [0.25, 0.3) is 0 Å². The fourth-order valence-electron chi connectivity index (χ4n) is 1.91. The standard InChI is InChI=1S/C12H16O5S/c1-8(13)9-2-4-10(5-3-9)17-12-7-18(15,16)6-11(12)14/h2-5,8,11-14H,6-7H2,1H3. The second-order valence-corrected chi connectivity index (χ2v) is 6.70. The quantitative estimate of drug-likeness (QED) is 0.825. The van der Waals surface area contributed by atoms with Gasteiger partial charge >= 0.3 is 0 Å². The predicted octanol–water partition coefficient (Wildman–Crippen LogP) is 0.277. The zero-order chi connectivity index (χ0) is 13.3. The van der Waals surface area contributed by atoms with E-state index in [4.69, 9.17) is 4.74 Å². The molecule has 1 fully saturated rings. The molecule has 1 aliphatic rings. The zero-order valence-corrected chi connectivity index (χ0v) is 10.8. The molecule has 0 saturated carbocycles. The minimum absolute atomic E-state index is 0.160. The summed E-state index contributed by atoms with van der Waals surface area (Å²) in [7, 11) is -3.20. The fraction of sp³-hybridized carbons (Fsp3) is 0.500. The van der Waals surface area contributed by atoms with Gasteiger partial charge in [-0.15, -0.1) is 0 Å². The van der Waals surface area contributed by atoms with Crippen molar-refractivity contribution < 1.29 is 23.4 Å². The summed E-state index contributed by atoms with van der Waals surface area (Å²) in [6.07, 6.45) is -2.25. The maximum absolute atomic E-state index is 11.3. The van der Waals surface area contributed by atoms with Crippen LogP contribution in [0.4, 0.5) is 0 Å². The molecule has 100 valence electrons. The molecule has 1 saturated heterocycles. The van der Waals surface area contributed by atoms with Gasteiger partial charge in [0.2, 0.25) is 0 Å². The average molecular weight is 272 g/mol. The molecular weight excluding hydrogens is 256 g/mol. The Morgan fingerprint density at radius 2 is 1.89 bits per heavy atom. The van der Waals surface area contributed by atoms with Crippen molar-refractivity contribution in [1.29, 1.82) is 0 Å². The van der Waals surface area contributed by atoms with E-state index in [1.54, 1.807) is 31.2 Å². The van der Waals surface area contributed by atoms with Crippen LogP contribution in [0.3, 0.4) is 0 Å². The lowest BCUT2D eigenvalue weighted by Crippen LogP contribution is -2.29. The second kappa shape index (κ2) is 4.87. The summed E-state index contributed by atoms with van der Waals surface area (Å²) in [5.41, 5.74) is 0.752. The highest BCUT2D eigenvalue weighted by molar-refractivity contribution is 7.91. The number of rotatable bonds is 3. The normalized spacial score (nSPS) is 27.9. The Kier molecular flexibility index (Phi) is 3.61. The lowest BCUT2D eigenvalue weighted by atomic mass is 10.1. The van der Waals surface area contributed by atoms with Gasteiger partial charge in [-0.3, -0.25) is 0 Å². The molecule has 1 aromatic rings. The summed E-state index contributed by atoms with van der Waals surface area (Å²) in [5, 5.41) is 18.9. The molecule has 3 atom stereocenters. The summed E-state index contributed by atoms with van der Waals surface area (Å²) in [6, 6.07) is 6.71. The third kappa shape index (κ3) is 3.01. The van der Waals surface area contributed by atoms with E-state index < -0.39 is 28.1 Å². The summed E-state index contributed by atoms with van der Waals surface area (Å²) in [6.45, 7) is 1.66. The molecule has 0 bridgehead atoms. The Hall–Kier alpha value is -1.11. The SMILES string of the molecule is CC(O)c1ccc(OC2CS(=O)(=O)CC2O)cc1. The van der Waals surface area contributed by atoms with E-state index in [0.717, 1.165) is 5.56 Å². The van der Waals surface area contributed by atoms with Gasteiger partial charge in [0.15, 0.2) is 9.84 Å². The van der Waals surface area contributed by atoms with Gasteiger partial charge in [0, 0.05) is 0 Å². The van der Waals surface area contributed by atoms with Crippen molar-refractivity contribution in [2.45, 2.75) is 25.2 Å². The van der Waals surface area contributed by atoms with Crippen LogP contribution in [0.2, 0.25) is 0 Å². The molecular formula is C12H16O5S. The van der Waals surface area contributed by atoms with Crippen LogP contribution in [0.1, 0.15) is 18.6 Å². The van der Waals surface area contributed by atoms with Crippen molar-refractivity contribution in [2.24, 2.45) is 0 Å². The number of hydrogen-bond acceptors (Lipinski definition) is 5. The van der Waals surface area contributed by atoms with Crippen molar-refractivity contribution in [1.82, 2.24) is 0 Å². The summed E-state index contributed by atoms with van der Waals surface area (Å²) < 4.78 is 28.1. The van der Waals surface area contributed by atoms with E-state index in [9.17, 15) is 18.6 Å². The fourth-order valence-corrected chi connectivity index (χ4v) is 3.57. The summed E-state index contributed by atoms with van der Waals surface area (Å²) in [5.74, 6) is 0.0796. The molecule has 0 radical (unpaired) electrons. The largest absolute Gasteiger partial charge is 0.487 e. The highest BCUT2D eigenvalue weighted by atomic mass is 32.2. The zero-order valence-electron chi connectivity index (χ0n) is 9.98. The van der Waals surface area contributed by atoms with E-state index in [1.807, 2.05) is 0 Å². The topological polar surface area (TPSA) is 83.8 Å². The third-order valence-electron chi connectivity index (χ3n) is 2.92. The predicted molar refractivity (Wildman–Crippen MR) is 66.2 cm³/mol. The van der Waals surface area contributed by atoms with E-state index >= 15 is 0 Å².